The van der Waals surface area contributed by atoms with E-state index in [0.717, 1.165) is 36.0 Å². The van der Waals surface area contributed by atoms with Gasteiger partial charge in [-0.05, 0) is 96.1 Å². The lowest BCUT2D eigenvalue weighted by atomic mass is 10.0. The summed E-state index contributed by atoms with van der Waals surface area (Å²) in [5.74, 6) is 3.05. The molecule has 1 heterocycles. The van der Waals surface area contributed by atoms with Crippen molar-refractivity contribution in [2.75, 3.05) is 47.0 Å². The van der Waals surface area contributed by atoms with Gasteiger partial charge in [0.05, 0.1) is 67.0 Å². The minimum absolute atomic E-state index is 0.208. The van der Waals surface area contributed by atoms with Gasteiger partial charge in [0.25, 0.3) is 5.91 Å². The highest BCUT2D eigenvalue weighted by molar-refractivity contribution is 6.02. The van der Waals surface area contributed by atoms with E-state index in [9.17, 15) is 20.1 Å². The number of aliphatic hydroxyl groups is 3. The Morgan fingerprint density at radius 1 is 0.635 bits per heavy atom. The molecule has 0 fully saturated rings. The van der Waals surface area contributed by atoms with Crippen molar-refractivity contribution >= 4 is 23.7 Å². The molecule has 0 bridgehead atoms. The highest BCUT2D eigenvalue weighted by Crippen LogP contribution is 2.39. The van der Waals surface area contributed by atoms with Crippen molar-refractivity contribution in [2.45, 2.75) is 45.2 Å². The molecular formula is C40H46N2O10. The Labute approximate surface area is 303 Å². The monoisotopic (exact) mass is 714 g/mol. The molecule has 0 saturated heterocycles. The van der Waals surface area contributed by atoms with E-state index in [1.165, 1.54) is 7.11 Å². The SMILES string of the molecule is COc1ccc2c(c1)C(=O)NC(c1ccc(OCCCCCOc3c(OC)cc(C=Cc4cc(CO)c(CO)c(OC)c4)cc3OC)c(CO)c1)N2. The number of rotatable bonds is 18. The minimum Gasteiger partial charge on any atom is -0.497 e. The van der Waals surface area contributed by atoms with E-state index in [2.05, 4.69) is 10.6 Å². The number of fused-ring (bicyclic) bond motifs is 1. The standard InChI is InChI=1S/C40H46N2O10/c1-47-30-11-12-33-31(21-30)40(46)42-39(41-33)27-10-13-34(29(20-27)23-44)51-14-6-5-7-15-52-38-36(49-3)18-26(19-37(38)50-4)9-8-25-16-28(22-43)32(24-45)35(17-25)48-2/h8-13,16-21,39,41,43-45H,5-7,14-15,22-24H2,1-4H3,(H,42,46). The molecule has 4 aromatic carbocycles. The molecule has 5 N–H and O–H groups in total. The maximum absolute atomic E-state index is 12.8. The Balaban J connectivity index is 1.12. The molecule has 12 heteroatoms. The summed E-state index contributed by atoms with van der Waals surface area (Å²) in [5, 5.41) is 35.8. The number of aliphatic hydroxyl groups excluding tert-OH is 3. The molecule has 12 nitrogen and oxygen atoms in total. The number of carbonyl (C=O) groups excluding carboxylic acids is 1. The van der Waals surface area contributed by atoms with Gasteiger partial charge in [-0.2, -0.15) is 0 Å². The maximum Gasteiger partial charge on any atom is 0.255 e. The van der Waals surface area contributed by atoms with E-state index in [0.29, 0.717) is 75.7 Å². The zero-order valence-corrected chi connectivity index (χ0v) is 29.9. The predicted octanol–water partition coefficient (Wildman–Crippen LogP) is 5.85. The number of benzene rings is 4. The van der Waals surface area contributed by atoms with Gasteiger partial charge in [0.15, 0.2) is 11.5 Å². The fourth-order valence-electron chi connectivity index (χ4n) is 5.97. The number of hydrogen-bond acceptors (Lipinski definition) is 11. The first-order chi connectivity index (χ1) is 25.3. The Hall–Kier alpha value is -5.43. The number of amides is 1. The molecule has 0 saturated carbocycles. The van der Waals surface area contributed by atoms with Crippen LogP contribution in [0.15, 0.2) is 60.7 Å². The van der Waals surface area contributed by atoms with Crippen molar-refractivity contribution in [1.29, 1.82) is 0 Å². The van der Waals surface area contributed by atoms with Crippen molar-refractivity contribution in [3.63, 3.8) is 0 Å². The number of unbranched alkanes of at least 4 members (excludes halogenated alkanes) is 2. The Morgan fingerprint density at radius 2 is 1.29 bits per heavy atom. The lowest BCUT2D eigenvalue weighted by molar-refractivity contribution is 0.0935. The highest BCUT2D eigenvalue weighted by Gasteiger charge is 2.26. The van der Waals surface area contributed by atoms with E-state index in [1.807, 2.05) is 48.6 Å². The minimum atomic E-state index is -0.459. The molecule has 0 radical (unpaired) electrons. The largest absolute Gasteiger partial charge is 0.497 e. The Morgan fingerprint density at radius 3 is 1.92 bits per heavy atom. The molecule has 4 aromatic rings. The van der Waals surface area contributed by atoms with Crippen LogP contribution < -0.4 is 39.1 Å². The van der Waals surface area contributed by atoms with E-state index >= 15 is 0 Å². The van der Waals surface area contributed by atoms with Gasteiger partial charge in [-0.1, -0.05) is 18.2 Å². The van der Waals surface area contributed by atoms with Gasteiger partial charge in [0.2, 0.25) is 5.75 Å². The topological polar surface area (TPSA) is 157 Å². The summed E-state index contributed by atoms with van der Waals surface area (Å²) < 4.78 is 34.0. The smallest absolute Gasteiger partial charge is 0.255 e. The quantitative estimate of drug-likeness (QED) is 0.0622. The Bertz CT molecular complexity index is 1830. The van der Waals surface area contributed by atoms with Crippen molar-refractivity contribution in [3.8, 4) is 34.5 Å². The van der Waals surface area contributed by atoms with Crippen LogP contribution in [0.5, 0.6) is 34.5 Å². The second-order valence-corrected chi connectivity index (χ2v) is 12.0. The van der Waals surface area contributed by atoms with Gasteiger partial charge >= 0.3 is 0 Å². The second kappa shape index (κ2) is 18.2. The summed E-state index contributed by atoms with van der Waals surface area (Å²) in [7, 11) is 6.23. The molecular weight excluding hydrogens is 668 g/mol. The number of anilines is 1. The van der Waals surface area contributed by atoms with Crippen LogP contribution in [-0.4, -0.2) is 62.9 Å². The summed E-state index contributed by atoms with van der Waals surface area (Å²) >= 11 is 0. The van der Waals surface area contributed by atoms with Crippen LogP contribution in [0.2, 0.25) is 0 Å². The number of methoxy groups -OCH3 is 4. The average Bonchev–Trinajstić information content (AvgIpc) is 3.18. The van der Waals surface area contributed by atoms with Crippen LogP contribution in [0.4, 0.5) is 5.69 Å². The molecule has 1 aliphatic heterocycles. The van der Waals surface area contributed by atoms with Crippen LogP contribution >= 0.6 is 0 Å². The van der Waals surface area contributed by atoms with Gasteiger partial charge in [0.1, 0.15) is 23.4 Å². The maximum atomic E-state index is 12.8. The second-order valence-electron chi connectivity index (χ2n) is 12.0. The normalized spacial score (nSPS) is 13.6. The third-order valence-corrected chi connectivity index (χ3v) is 8.75. The van der Waals surface area contributed by atoms with Gasteiger partial charge < -0.3 is 54.4 Å². The highest BCUT2D eigenvalue weighted by atomic mass is 16.5. The molecule has 0 spiro atoms. The van der Waals surface area contributed by atoms with Gasteiger partial charge in [0, 0.05) is 16.8 Å². The van der Waals surface area contributed by atoms with Crippen molar-refractivity contribution in [3.05, 3.63) is 99.6 Å². The third-order valence-electron chi connectivity index (χ3n) is 8.75. The fraction of sp³-hybridized carbons (Fsp3) is 0.325. The number of carbonyl (C=O) groups is 1. The predicted molar refractivity (Wildman–Crippen MR) is 197 cm³/mol. The average molecular weight is 715 g/mol. The molecule has 52 heavy (non-hydrogen) atoms. The van der Waals surface area contributed by atoms with Gasteiger partial charge in [-0.25, -0.2) is 0 Å². The molecule has 276 valence electrons. The van der Waals surface area contributed by atoms with Crippen LogP contribution in [0.3, 0.4) is 0 Å². The van der Waals surface area contributed by atoms with Gasteiger partial charge in [-0.3, -0.25) is 4.79 Å². The van der Waals surface area contributed by atoms with E-state index < -0.39 is 6.17 Å². The van der Waals surface area contributed by atoms with Crippen molar-refractivity contribution in [2.24, 2.45) is 0 Å². The summed E-state index contributed by atoms with van der Waals surface area (Å²) in [6.07, 6.45) is 5.69. The summed E-state index contributed by atoms with van der Waals surface area (Å²) in [5.41, 5.74) is 5.39. The zero-order valence-electron chi connectivity index (χ0n) is 29.9. The molecule has 0 aromatic heterocycles. The molecule has 1 amide bonds. The Kier molecular flexibility index (Phi) is 13.2. The first-order valence-electron chi connectivity index (χ1n) is 17.0. The number of nitrogens with one attached hydrogen (secondary N) is 2. The van der Waals surface area contributed by atoms with Crippen LogP contribution in [0.1, 0.15) is 69.2 Å². The molecule has 1 aliphatic rings. The van der Waals surface area contributed by atoms with Crippen LogP contribution in [-0.2, 0) is 19.8 Å². The van der Waals surface area contributed by atoms with Crippen molar-refractivity contribution < 1.29 is 48.5 Å². The number of hydrogen-bond donors (Lipinski definition) is 5. The van der Waals surface area contributed by atoms with Crippen LogP contribution in [0.25, 0.3) is 12.2 Å². The molecule has 5 rings (SSSR count). The van der Waals surface area contributed by atoms with E-state index in [-0.39, 0.29) is 25.7 Å². The van der Waals surface area contributed by atoms with Gasteiger partial charge in [-0.15, -0.1) is 0 Å². The molecule has 1 unspecified atom stereocenters. The van der Waals surface area contributed by atoms with E-state index in [1.54, 1.807) is 45.6 Å². The summed E-state index contributed by atoms with van der Waals surface area (Å²) in [6.45, 7) is 0.240. The van der Waals surface area contributed by atoms with Crippen molar-refractivity contribution in [1.82, 2.24) is 5.32 Å². The lowest BCUT2D eigenvalue weighted by Crippen LogP contribution is -2.38. The third kappa shape index (κ3) is 8.89. The first-order valence-corrected chi connectivity index (χ1v) is 17.0. The lowest BCUT2D eigenvalue weighted by Gasteiger charge is -2.29. The fourth-order valence-corrected chi connectivity index (χ4v) is 5.97. The molecule has 1 atom stereocenters. The van der Waals surface area contributed by atoms with E-state index in [4.69, 9.17) is 28.4 Å². The van der Waals surface area contributed by atoms with Crippen LogP contribution in [0, 0.1) is 0 Å². The first kappa shape index (κ1) is 37.8. The summed E-state index contributed by atoms with van der Waals surface area (Å²) in [6, 6.07) is 18.1. The number of ether oxygens (including phenoxy) is 6. The summed E-state index contributed by atoms with van der Waals surface area (Å²) in [4.78, 5) is 12.8. The zero-order chi connectivity index (χ0) is 37.0. The molecule has 0 aliphatic carbocycles.